The first-order valence-electron chi connectivity index (χ1n) is 6.34. The third-order valence-electron chi connectivity index (χ3n) is 3.52. The van der Waals surface area contributed by atoms with E-state index < -0.39 is 5.60 Å². The molecule has 2 heteroatoms. The van der Waals surface area contributed by atoms with E-state index in [2.05, 4.69) is 0 Å². The largest absolute Gasteiger partial charge is 0.507 e. The highest BCUT2D eigenvalue weighted by molar-refractivity contribution is 6.02. The van der Waals surface area contributed by atoms with Gasteiger partial charge >= 0.3 is 0 Å². The number of hydrogen-bond donors (Lipinski definition) is 2. The Labute approximate surface area is 111 Å². The van der Waals surface area contributed by atoms with Crippen LogP contribution in [0.15, 0.2) is 48.5 Å². The summed E-state index contributed by atoms with van der Waals surface area (Å²) in [6, 6.07) is 15.3. The number of hydrogen-bond acceptors (Lipinski definition) is 2. The molecule has 0 aliphatic heterocycles. The van der Waals surface area contributed by atoms with Crippen molar-refractivity contribution in [2.24, 2.45) is 0 Å². The van der Waals surface area contributed by atoms with E-state index in [0.29, 0.717) is 0 Å². The van der Waals surface area contributed by atoms with Crippen LogP contribution in [0.2, 0.25) is 0 Å². The number of aromatic hydroxyl groups is 1. The minimum atomic E-state index is -0.885. The summed E-state index contributed by atoms with van der Waals surface area (Å²) in [5.74, 6) is 0.285. The summed E-state index contributed by atoms with van der Waals surface area (Å²) in [6.07, 6.45) is 0. The van der Waals surface area contributed by atoms with E-state index in [1.165, 1.54) is 0 Å². The molecule has 3 aromatic carbocycles. The third-order valence-corrected chi connectivity index (χ3v) is 3.52. The average molecular weight is 252 g/mol. The minimum absolute atomic E-state index is 0.285. The van der Waals surface area contributed by atoms with E-state index in [1.807, 2.05) is 42.5 Å². The highest BCUT2D eigenvalue weighted by atomic mass is 16.3. The van der Waals surface area contributed by atoms with E-state index >= 15 is 0 Å². The van der Waals surface area contributed by atoms with Crippen molar-refractivity contribution in [2.45, 2.75) is 19.4 Å². The number of rotatable bonds is 1. The van der Waals surface area contributed by atoms with Gasteiger partial charge in [-0.25, -0.2) is 0 Å². The lowest BCUT2D eigenvalue weighted by Gasteiger charge is -2.20. The monoisotopic (exact) mass is 252 g/mol. The first-order chi connectivity index (χ1) is 8.97. The smallest absolute Gasteiger partial charge is 0.123 e. The highest BCUT2D eigenvalue weighted by Gasteiger charge is 2.18. The summed E-state index contributed by atoms with van der Waals surface area (Å²) in [6.45, 7) is 3.57. The molecule has 19 heavy (non-hydrogen) atoms. The van der Waals surface area contributed by atoms with Gasteiger partial charge in [-0.05, 0) is 53.8 Å². The fourth-order valence-corrected chi connectivity index (χ4v) is 2.57. The molecule has 0 amide bonds. The summed E-state index contributed by atoms with van der Waals surface area (Å²) >= 11 is 0. The van der Waals surface area contributed by atoms with Crippen molar-refractivity contribution in [2.75, 3.05) is 0 Å². The summed E-state index contributed by atoms with van der Waals surface area (Å²) in [7, 11) is 0. The van der Waals surface area contributed by atoms with Gasteiger partial charge in [-0.2, -0.15) is 0 Å². The van der Waals surface area contributed by atoms with Crippen LogP contribution >= 0.6 is 0 Å². The van der Waals surface area contributed by atoms with E-state index in [1.54, 1.807) is 19.9 Å². The molecule has 96 valence electrons. The Balaban J connectivity index is 2.45. The molecule has 3 aromatic rings. The maximum absolute atomic E-state index is 10.3. The van der Waals surface area contributed by atoms with Crippen LogP contribution < -0.4 is 0 Å². The third kappa shape index (κ3) is 1.94. The molecule has 0 saturated carbocycles. The Morgan fingerprint density at radius 2 is 1.42 bits per heavy atom. The van der Waals surface area contributed by atoms with E-state index in [4.69, 9.17) is 0 Å². The summed E-state index contributed by atoms with van der Waals surface area (Å²) in [5, 5.41) is 24.0. The standard InChI is InChI=1S/C17H16O2/c1-17(2,19)15-7-3-5-11-10-14-12(9-13(11)15)6-4-8-16(14)18/h3-10,18-19H,1-2H3. The second-order valence-electron chi connectivity index (χ2n) is 5.44. The molecule has 3 rings (SSSR count). The predicted octanol–water partition coefficient (Wildman–Crippen LogP) is 3.93. The van der Waals surface area contributed by atoms with Crippen LogP contribution in [0.4, 0.5) is 0 Å². The molecule has 0 saturated heterocycles. The van der Waals surface area contributed by atoms with Gasteiger partial charge in [0.2, 0.25) is 0 Å². The van der Waals surface area contributed by atoms with Crippen molar-refractivity contribution in [1.82, 2.24) is 0 Å². The molecule has 0 aliphatic carbocycles. The molecule has 0 fully saturated rings. The molecule has 0 unspecified atom stereocenters. The quantitative estimate of drug-likeness (QED) is 0.644. The van der Waals surface area contributed by atoms with Crippen LogP contribution in [0.5, 0.6) is 5.75 Å². The maximum atomic E-state index is 10.3. The van der Waals surface area contributed by atoms with Crippen molar-refractivity contribution in [3.63, 3.8) is 0 Å². The molecule has 0 radical (unpaired) electrons. The van der Waals surface area contributed by atoms with Gasteiger partial charge in [0.15, 0.2) is 0 Å². The zero-order valence-electron chi connectivity index (χ0n) is 11.0. The molecule has 0 aliphatic rings. The topological polar surface area (TPSA) is 40.5 Å². The molecule has 0 heterocycles. The molecule has 2 N–H and O–H groups in total. The molecule has 0 atom stereocenters. The van der Waals surface area contributed by atoms with Crippen LogP contribution in [-0.4, -0.2) is 10.2 Å². The molecule has 0 bridgehead atoms. The minimum Gasteiger partial charge on any atom is -0.507 e. The van der Waals surface area contributed by atoms with Crippen molar-refractivity contribution >= 4 is 21.5 Å². The SMILES string of the molecule is CC(C)(O)c1cccc2cc3c(O)cccc3cc12. The van der Waals surface area contributed by atoms with Crippen molar-refractivity contribution in [1.29, 1.82) is 0 Å². The van der Waals surface area contributed by atoms with Gasteiger partial charge in [0.05, 0.1) is 5.60 Å². The second kappa shape index (κ2) is 3.97. The van der Waals surface area contributed by atoms with Crippen LogP contribution in [0.3, 0.4) is 0 Å². The van der Waals surface area contributed by atoms with Crippen LogP contribution in [0, 0.1) is 0 Å². The van der Waals surface area contributed by atoms with E-state index in [0.717, 1.165) is 27.1 Å². The molecule has 0 spiro atoms. The fraction of sp³-hybridized carbons (Fsp3) is 0.176. The van der Waals surface area contributed by atoms with Gasteiger partial charge in [0.25, 0.3) is 0 Å². The van der Waals surface area contributed by atoms with Gasteiger partial charge in [0, 0.05) is 5.39 Å². The lowest BCUT2D eigenvalue weighted by atomic mass is 9.91. The van der Waals surface area contributed by atoms with Gasteiger partial charge in [-0.15, -0.1) is 0 Å². The number of benzene rings is 3. The van der Waals surface area contributed by atoms with Crippen LogP contribution in [-0.2, 0) is 5.60 Å². The van der Waals surface area contributed by atoms with Crippen molar-refractivity contribution < 1.29 is 10.2 Å². The van der Waals surface area contributed by atoms with Gasteiger partial charge in [0.1, 0.15) is 5.75 Å². The van der Waals surface area contributed by atoms with Crippen molar-refractivity contribution in [3.05, 3.63) is 54.1 Å². The number of phenols is 1. The van der Waals surface area contributed by atoms with E-state index in [9.17, 15) is 10.2 Å². The molecule has 0 aromatic heterocycles. The molecule has 2 nitrogen and oxygen atoms in total. The predicted molar refractivity (Wildman–Crippen MR) is 78.4 cm³/mol. The Hall–Kier alpha value is -2.06. The molecular weight excluding hydrogens is 236 g/mol. The second-order valence-corrected chi connectivity index (χ2v) is 5.44. The fourth-order valence-electron chi connectivity index (χ4n) is 2.57. The lowest BCUT2D eigenvalue weighted by Crippen LogP contribution is -2.15. The average Bonchev–Trinajstić information content (AvgIpc) is 2.35. The summed E-state index contributed by atoms with van der Waals surface area (Å²) in [5.41, 5.74) is 0.0135. The molecular formula is C17H16O2. The normalized spacial score (nSPS) is 12.2. The van der Waals surface area contributed by atoms with Crippen LogP contribution in [0.25, 0.3) is 21.5 Å². The number of fused-ring (bicyclic) bond motifs is 2. The zero-order valence-corrected chi connectivity index (χ0v) is 11.0. The van der Waals surface area contributed by atoms with Gasteiger partial charge < -0.3 is 10.2 Å². The Morgan fingerprint density at radius 1 is 0.842 bits per heavy atom. The lowest BCUT2D eigenvalue weighted by molar-refractivity contribution is 0.0802. The summed E-state index contributed by atoms with van der Waals surface area (Å²) in [4.78, 5) is 0. The summed E-state index contributed by atoms with van der Waals surface area (Å²) < 4.78 is 0. The first kappa shape index (κ1) is 12.0. The Bertz CT molecular complexity index is 767. The van der Waals surface area contributed by atoms with Gasteiger partial charge in [-0.1, -0.05) is 30.3 Å². The Kier molecular flexibility index (Phi) is 2.51. The number of aliphatic hydroxyl groups is 1. The first-order valence-corrected chi connectivity index (χ1v) is 6.34. The number of phenolic OH excluding ortho intramolecular Hbond substituents is 1. The zero-order chi connectivity index (χ0) is 13.6. The maximum Gasteiger partial charge on any atom is 0.123 e. The van der Waals surface area contributed by atoms with Crippen molar-refractivity contribution in [3.8, 4) is 5.75 Å². The highest BCUT2D eigenvalue weighted by Crippen LogP contribution is 2.33. The van der Waals surface area contributed by atoms with Crippen LogP contribution in [0.1, 0.15) is 19.4 Å². The van der Waals surface area contributed by atoms with Gasteiger partial charge in [-0.3, -0.25) is 0 Å². The Morgan fingerprint density at radius 3 is 2.11 bits per heavy atom. The van der Waals surface area contributed by atoms with E-state index in [-0.39, 0.29) is 5.75 Å².